The molecular weight excluding hydrogens is 807 g/mol. The van der Waals surface area contributed by atoms with Gasteiger partial charge in [-0.05, 0) is 150 Å². The monoisotopic (exact) mass is 856 g/mol. The van der Waals surface area contributed by atoms with Crippen LogP contribution in [0.1, 0.15) is 117 Å². The van der Waals surface area contributed by atoms with E-state index < -0.39 is 0 Å². The molecule has 0 saturated heterocycles. The third kappa shape index (κ3) is 8.72. The molecule has 8 aromatic rings. The Morgan fingerprint density at radius 1 is 0.531 bits per heavy atom. The van der Waals surface area contributed by atoms with Crippen LogP contribution >= 0.6 is 0 Å². The first kappa shape index (κ1) is 42.1. The van der Waals surface area contributed by atoms with Gasteiger partial charge in [-0.25, -0.2) is 38.1 Å². The fourth-order valence-electron chi connectivity index (χ4n) is 8.78. The molecule has 2 aliphatic rings. The van der Waals surface area contributed by atoms with Crippen LogP contribution in [-0.2, 0) is 13.1 Å². The Bertz CT molecular complexity index is 2840. The van der Waals surface area contributed by atoms with Gasteiger partial charge in [0, 0.05) is 37.3 Å². The van der Waals surface area contributed by atoms with Crippen LogP contribution in [0.4, 0.5) is 8.78 Å². The highest BCUT2D eigenvalue weighted by atomic mass is 19.1. The summed E-state index contributed by atoms with van der Waals surface area (Å²) in [5.74, 6) is 2.88. The molecule has 10 rings (SSSR count). The van der Waals surface area contributed by atoms with E-state index in [9.17, 15) is 8.78 Å². The van der Waals surface area contributed by atoms with Crippen LogP contribution in [0, 0.1) is 53.2 Å². The number of rotatable bonds is 8. The van der Waals surface area contributed by atoms with Crippen molar-refractivity contribution >= 4 is 24.3 Å². The Kier molecular flexibility index (Phi) is 11.8. The summed E-state index contributed by atoms with van der Waals surface area (Å²) in [5.41, 5.74) is 10.8. The molecule has 0 aliphatic carbocycles. The third-order valence-electron chi connectivity index (χ3n) is 12.1. The van der Waals surface area contributed by atoms with Gasteiger partial charge in [0.05, 0.1) is 58.2 Å². The van der Waals surface area contributed by atoms with Crippen LogP contribution in [0.3, 0.4) is 0 Å². The lowest BCUT2D eigenvalue weighted by Gasteiger charge is -2.23. The Labute approximate surface area is 371 Å². The Morgan fingerprint density at radius 2 is 0.969 bits per heavy atom. The maximum atomic E-state index is 14.1. The van der Waals surface area contributed by atoms with Crippen molar-refractivity contribution in [3.63, 3.8) is 0 Å². The molecule has 0 saturated carbocycles. The van der Waals surface area contributed by atoms with Crippen molar-refractivity contribution in [2.45, 2.75) is 92.2 Å². The molecular formula is C50H50F2N12. The van der Waals surface area contributed by atoms with E-state index in [-0.39, 0.29) is 23.5 Å². The van der Waals surface area contributed by atoms with Crippen LogP contribution in [0.15, 0.2) is 85.7 Å². The van der Waals surface area contributed by atoms with Crippen molar-refractivity contribution in [3.8, 4) is 11.4 Å². The fourth-order valence-corrected chi connectivity index (χ4v) is 8.78. The van der Waals surface area contributed by atoms with Gasteiger partial charge in [0.2, 0.25) is 0 Å². The summed E-state index contributed by atoms with van der Waals surface area (Å²) in [6.07, 6.45) is 19.1. The maximum Gasteiger partial charge on any atom is 0.174 e. The lowest BCUT2D eigenvalue weighted by atomic mass is 9.88. The van der Waals surface area contributed by atoms with Crippen LogP contribution < -0.4 is 0 Å². The topological polar surface area (TPSA) is 123 Å². The number of pyridine rings is 2. The molecule has 0 spiro atoms. The van der Waals surface area contributed by atoms with Gasteiger partial charge in [0.25, 0.3) is 0 Å². The molecule has 2 aromatic carbocycles. The molecule has 0 bridgehead atoms. The molecule has 8 heterocycles. The van der Waals surface area contributed by atoms with E-state index in [0.29, 0.717) is 22.8 Å². The Balaban J connectivity index is 0.000000162. The van der Waals surface area contributed by atoms with Gasteiger partial charge in [-0.3, -0.25) is 9.97 Å². The molecule has 14 heteroatoms. The quantitative estimate of drug-likeness (QED) is 0.148. The second kappa shape index (κ2) is 17.9. The summed E-state index contributed by atoms with van der Waals surface area (Å²) < 4.78 is 36.1. The Hall–Kier alpha value is -7.22. The van der Waals surface area contributed by atoms with Gasteiger partial charge in [0.1, 0.15) is 23.3 Å². The van der Waals surface area contributed by atoms with Crippen molar-refractivity contribution in [1.29, 1.82) is 0 Å². The third-order valence-corrected chi connectivity index (χ3v) is 12.1. The zero-order valence-corrected chi connectivity index (χ0v) is 36.9. The average molecular weight is 857 g/mol. The van der Waals surface area contributed by atoms with Crippen molar-refractivity contribution < 1.29 is 8.78 Å². The molecule has 0 amide bonds. The number of halogens is 2. The minimum absolute atomic E-state index is 0.0624. The Morgan fingerprint density at radius 3 is 1.36 bits per heavy atom. The molecule has 0 unspecified atom stereocenters. The highest BCUT2D eigenvalue weighted by molar-refractivity contribution is 5.66. The normalized spacial score (nSPS) is 15.9. The number of fused-ring (bicyclic) bond motifs is 2. The largest absolute Gasteiger partial charge is 0.304 e. The average Bonchev–Trinajstić information content (AvgIpc) is 4.11. The number of benzene rings is 2. The van der Waals surface area contributed by atoms with Gasteiger partial charge in [-0.2, -0.15) is 10.2 Å². The standard InChI is InChI=1S/2C25H25FN6/c2*1-16-14-31(15-27-16)23-11-9-19(28-18(23)3)10-12-24-29-25-21(7-5-13-32(25)30-24)20-6-4-8-22(26)17(20)2/h2*4,6,8-12,14-15,21H,5,7,13H2,1-3H3/b2*12-10+/t2*21-/m10/s1. The van der Waals surface area contributed by atoms with E-state index in [0.717, 1.165) is 107 Å². The SMILES string of the molecule is Cc1cn(-c2ccc(/C=C/c3nc4n(n3)CCC[C@@H]4c3cccc(F)c3C)nc2C)cn1.Cc1cn(-c2ccc(/C=C/c3nc4n(n3)CCC[C@H]4c3cccc(F)c3C)nc2C)cn1. The molecule has 324 valence electrons. The zero-order valence-electron chi connectivity index (χ0n) is 36.9. The minimum Gasteiger partial charge on any atom is -0.304 e. The van der Waals surface area contributed by atoms with Crippen LogP contribution in [0.2, 0.25) is 0 Å². The summed E-state index contributed by atoms with van der Waals surface area (Å²) in [5, 5.41) is 9.34. The number of aromatic nitrogens is 12. The van der Waals surface area contributed by atoms with E-state index >= 15 is 0 Å². The van der Waals surface area contributed by atoms with Gasteiger partial charge in [-0.1, -0.05) is 24.3 Å². The second-order valence-electron chi connectivity index (χ2n) is 16.6. The molecule has 0 fully saturated rings. The highest BCUT2D eigenvalue weighted by Crippen LogP contribution is 2.36. The highest BCUT2D eigenvalue weighted by Gasteiger charge is 2.28. The second-order valence-corrected chi connectivity index (χ2v) is 16.6. The number of imidazole rings is 2. The summed E-state index contributed by atoms with van der Waals surface area (Å²) in [4.78, 5) is 27.5. The first-order valence-electron chi connectivity index (χ1n) is 21.7. The zero-order chi connectivity index (χ0) is 44.5. The molecule has 12 nitrogen and oxygen atoms in total. The van der Waals surface area contributed by atoms with Gasteiger partial charge in [0.15, 0.2) is 11.6 Å². The fraction of sp³-hybridized carbons (Fsp3) is 0.280. The van der Waals surface area contributed by atoms with Crippen LogP contribution in [-0.4, -0.2) is 58.6 Å². The number of nitrogens with zero attached hydrogens (tertiary/aromatic N) is 12. The summed E-state index contributed by atoms with van der Waals surface area (Å²) >= 11 is 0. The lowest BCUT2D eigenvalue weighted by molar-refractivity contribution is 0.443. The van der Waals surface area contributed by atoms with Crippen LogP contribution in [0.5, 0.6) is 0 Å². The number of aryl methyl sites for hydroxylation is 6. The van der Waals surface area contributed by atoms with E-state index in [1.165, 1.54) is 12.1 Å². The smallest absolute Gasteiger partial charge is 0.174 e. The van der Waals surface area contributed by atoms with Gasteiger partial charge >= 0.3 is 0 Å². The molecule has 0 N–H and O–H groups in total. The first-order valence-corrected chi connectivity index (χ1v) is 21.7. The molecule has 0 radical (unpaired) electrons. The molecule has 6 aromatic heterocycles. The molecule has 64 heavy (non-hydrogen) atoms. The number of hydrogen-bond donors (Lipinski definition) is 0. The van der Waals surface area contributed by atoms with Crippen molar-refractivity contribution in [2.24, 2.45) is 0 Å². The van der Waals surface area contributed by atoms with Crippen molar-refractivity contribution in [3.05, 3.63) is 177 Å². The van der Waals surface area contributed by atoms with E-state index in [1.54, 1.807) is 24.8 Å². The summed E-state index contributed by atoms with van der Waals surface area (Å²) in [6, 6.07) is 18.6. The maximum absolute atomic E-state index is 14.1. The first-order chi connectivity index (χ1) is 31.0. The van der Waals surface area contributed by atoms with Crippen LogP contribution in [0.25, 0.3) is 35.7 Å². The lowest BCUT2D eigenvalue weighted by Crippen LogP contribution is -2.18. The number of hydrogen-bond acceptors (Lipinski definition) is 8. The predicted molar refractivity (Wildman–Crippen MR) is 244 cm³/mol. The summed E-state index contributed by atoms with van der Waals surface area (Å²) in [6.45, 7) is 13.2. The van der Waals surface area contributed by atoms with Crippen molar-refractivity contribution in [2.75, 3.05) is 0 Å². The van der Waals surface area contributed by atoms with Crippen molar-refractivity contribution in [1.82, 2.24) is 58.6 Å². The van der Waals surface area contributed by atoms with E-state index in [2.05, 4.69) is 20.2 Å². The summed E-state index contributed by atoms with van der Waals surface area (Å²) in [7, 11) is 0. The van der Waals surface area contributed by atoms with Gasteiger partial charge in [-0.15, -0.1) is 0 Å². The van der Waals surface area contributed by atoms with E-state index in [1.807, 2.05) is 133 Å². The predicted octanol–water partition coefficient (Wildman–Crippen LogP) is 10.0. The molecule has 2 atom stereocenters. The van der Waals surface area contributed by atoms with E-state index in [4.69, 9.17) is 19.9 Å². The molecule has 2 aliphatic heterocycles. The minimum atomic E-state index is -0.171. The van der Waals surface area contributed by atoms with Gasteiger partial charge < -0.3 is 9.13 Å².